The fourth-order valence-corrected chi connectivity index (χ4v) is 10.6. The van der Waals surface area contributed by atoms with Gasteiger partial charge in [-0.2, -0.15) is 0 Å². The molecule has 0 unspecified atom stereocenters. The molecule has 0 saturated heterocycles. The van der Waals surface area contributed by atoms with Crippen LogP contribution < -0.4 is 4.90 Å². The molecule has 2 saturated carbocycles. The topological polar surface area (TPSA) is 3.24 Å². The molecule has 3 aliphatic carbocycles. The predicted octanol–water partition coefficient (Wildman–Crippen LogP) is 16.6. The Bertz CT molecular complexity index is 2510. The Labute approximate surface area is 346 Å². The van der Waals surface area contributed by atoms with E-state index >= 15 is 0 Å². The first-order valence-electron chi connectivity index (χ1n) is 22.1. The normalized spacial score (nSPS) is 16.4. The molecule has 10 rings (SSSR count). The molecule has 7 aromatic rings. The summed E-state index contributed by atoms with van der Waals surface area (Å²) in [4.78, 5) is 2.44. The summed E-state index contributed by atoms with van der Waals surface area (Å²) in [7, 11) is 0. The van der Waals surface area contributed by atoms with Crippen molar-refractivity contribution in [1.29, 1.82) is 0 Å². The van der Waals surface area contributed by atoms with E-state index in [1.165, 1.54) is 137 Å². The summed E-state index contributed by atoms with van der Waals surface area (Å²) in [5.41, 5.74) is 19.5. The SMILES string of the molecule is CC1(C)c2ccccc2-c2ccc(N(c3ccc(-c4ccc(C5CCCCC5)cc4)cc3)c3ccc(-c4ccccc4-c4ccc(C5CCCCC5)cc4)cc3)cc21. The molecule has 288 valence electrons. The fraction of sp³-hybridized carbons (Fsp3) is 0.263. The molecule has 7 aromatic carbocycles. The smallest absolute Gasteiger partial charge is 0.0465 e. The zero-order valence-corrected chi connectivity index (χ0v) is 34.3. The number of nitrogens with zero attached hydrogens (tertiary/aromatic N) is 1. The van der Waals surface area contributed by atoms with Crippen molar-refractivity contribution in [3.05, 3.63) is 186 Å². The molecule has 2 fully saturated rings. The standard InChI is InChI=1S/C57H55N/c1-57(2)55-20-12-11-19-53(55)54-38-37-50(39-56(54)57)58(48-33-29-45(30-34-48)44-23-21-42(22-24-44)40-13-5-3-6-14-40)49-35-31-47(32-36-49)52-18-10-9-17-51(52)46-27-25-43(26-28-46)41-15-7-4-8-16-41/h9-12,17-41H,3-8,13-16H2,1-2H3. The van der Waals surface area contributed by atoms with Gasteiger partial charge in [0.2, 0.25) is 0 Å². The summed E-state index contributed by atoms with van der Waals surface area (Å²) in [5.74, 6) is 1.44. The number of hydrogen-bond donors (Lipinski definition) is 0. The van der Waals surface area contributed by atoms with E-state index in [2.05, 4.69) is 183 Å². The van der Waals surface area contributed by atoms with Gasteiger partial charge in [0.05, 0.1) is 0 Å². The van der Waals surface area contributed by atoms with Crippen molar-refractivity contribution >= 4 is 17.1 Å². The number of hydrogen-bond acceptors (Lipinski definition) is 1. The molecule has 1 heteroatoms. The first kappa shape index (κ1) is 36.7. The number of anilines is 3. The Kier molecular flexibility index (Phi) is 9.86. The van der Waals surface area contributed by atoms with E-state index in [1.807, 2.05) is 0 Å². The van der Waals surface area contributed by atoms with Crippen LogP contribution in [-0.4, -0.2) is 0 Å². The van der Waals surface area contributed by atoms with Crippen molar-refractivity contribution < 1.29 is 0 Å². The summed E-state index contributed by atoms with van der Waals surface area (Å²) in [6.07, 6.45) is 13.6. The minimum Gasteiger partial charge on any atom is -0.310 e. The molecule has 0 N–H and O–H groups in total. The zero-order valence-electron chi connectivity index (χ0n) is 34.3. The lowest BCUT2D eigenvalue weighted by atomic mass is 9.82. The summed E-state index contributed by atoms with van der Waals surface area (Å²) >= 11 is 0. The van der Waals surface area contributed by atoms with Crippen LogP contribution in [0.2, 0.25) is 0 Å². The van der Waals surface area contributed by atoms with E-state index in [9.17, 15) is 0 Å². The van der Waals surface area contributed by atoms with Crippen molar-refractivity contribution in [2.75, 3.05) is 4.90 Å². The molecular weight excluding hydrogens is 699 g/mol. The summed E-state index contributed by atoms with van der Waals surface area (Å²) in [6.45, 7) is 4.74. The largest absolute Gasteiger partial charge is 0.310 e. The Morgan fingerprint density at radius 1 is 0.362 bits per heavy atom. The van der Waals surface area contributed by atoms with Crippen LogP contribution in [0.1, 0.15) is 112 Å². The lowest BCUT2D eigenvalue weighted by molar-refractivity contribution is 0.443. The summed E-state index contributed by atoms with van der Waals surface area (Å²) < 4.78 is 0. The Morgan fingerprint density at radius 3 is 1.28 bits per heavy atom. The second kappa shape index (κ2) is 15.6. The zero-order chi connectivity index (χ0) is 39.1. The van der Waals surface area contributed by atoms with Crippen molar-refractivity contribution in [2.24, 2.45) is 0 Å². The van der Waals surface area contributed by atoms with Crippen LogP contribution in [0.15, 0.2) is 164 Å². The molecule has 0 heterocycles. The third-order valence-corrected chi connectivity index (χ3v) is 13.9. The molecular formula is C57H55N. The highest BCUT2D eigenvalue weighted by Gasteiger charge is 2.35. The molecule has 0 atom stereocenters. The van der Waals surface area contributed by atoms with Gasteiger partial charge in [-0.25, -0.2) is 0 Å². The van der Waals surface area contributed by atoms with Crippen LogP contribution in [0.25, 0.3) is 44.5 Å². The molecule has 0 spiro atoms. The average Bonchev–Trinajstić information content (AvgIpc) is 3.53. The van der Waals surface area contributed by atoms with Crippen molar-refractivity contribution in [2.45, 2.75) is 95.3 Å². The van der Waals surface area contributed by atoms with Crippen molar-refractivity contribution in [3.8, 4) is 44.5 Å². The fourth-order valence-electron chi connectivity index (χ4n) is 10.6. The van der Waals surface area contributed by atoms with Crippen molar-refractivity contribution in [3.63, 3.8) is 0 Å². The van der Waals surface area contributed by atoms with Crippen LogP contribution in [0.4, 0.5) is 17.1 Å². The highest BCUT2D eigenvalue weighted by atomic mass is 15.1. The van der Waals surface area contributed by atoms with E-state index in [1.54, 1.807) is 0 Å². The molecule has 3 aliphatic rings. The lowest BCUT2D eigenvalue weighted by Crippen LogP contribution is -2.16. The average molecular weight is 754 g/mol. The van der Waals surface area contributed by atoms with E-state index < -0.39 is 0 Å². The number of fused-ring (bicyclic) bond motifs is 3. The number of benzene rings is 7. The predicted molar refractivity (Wildman–Crippen MR) is 247 cm³/mol. The maximum atomic E-state index is 2.44. The van der Waals surface area contributed by atoms with Gasteiger partial charge in [0, 0.05) is 22.5 Å². The summed E-state index contributed by atoms with van der Waals surface area (Å²) in [6, 6.07) is 62.3. The van der Waals surface area contributed by atoms with E-state index in [0.717, 1.165) is 17.3 Å². The maximum Gasteiger partial charge on any atom is 0.0465 e. The first-order valence-corrected chi connectivity index (χ1v) is 22.1. The van der Waals surface area contributed by atoms with Crippen LogP contribution in [0.5, 0.6) is 0 Å². The van der Waals surface area contributed by atoms with Gasteiger partial charge in [0.25, 0.3) is 0 Å². The Morgan fingerprint density at radius 2 is 0.759 bits per heavy atom. The first-order chi connectivity index (χ1) is 28.5. The van der Waals surface area contributed by atoms with Gasteiger partial charge in [-0.05, 0) is 141 Å². The molecule has 0 bridgehead atoms. The minimum atomic E-state index is -0.0799. The second-order valence-electron chi connectivity index (χ2n) is 17.8. The molecule has 1 nitrogen and oxygen atoms in total. The number of rotatable bonds is 8. The Balaban J connectivity index is 0.992. The highest BCUT2D eigenvalue weighted by molar-refractivity contribution is 5.88. The van der Waals surface area contributed by atoms with E-state index in [4.69, 9.17) is 0 Å². The van der Waals surface area contributed by atoms with Crippen LogP contribution in [0, 0.1) is 0 Å². The van der Waals surface area contributed by atoms with Gasteiger partial charge in [0.1, 0.15) is 0 Å². The van der Waals surface area contributed by atoms with E-state index in [0.29, 0.717) is 5.92 Å². The lowest BCUT2D eigenvalue weighted by Gasteiger charge is -2.28. The maximum absolute atomic E-state index is 2.44. The van der Waals surface area contributed by atoms with Gasteiger partial charge in [-0.1, -0.05) is 180 Å². The Hall–Kier alpha value is -5.66. The van der Waals surface area contributed by atoms with Gasteiger partial charge >= 0.3 is 0 Å². The molecule has 0 aromatic heterocycles. The molecule has 58 heavy (non-hydrogen) atoms. The second-order valence-corrected chi connectivity index (χ2v) is 17.8. The summed E-state index contributed by atoms with van der Waals surface area (Å²) in [5, 5.41) is 0. The van der Waals surface area contributed by atoms with Crippen LogP contribution in [0.3, 0.4) is 0 Å². The van der Waals surface area contributed by atoms with Crippen LogP contribution >= 0.6 is 0 Å². The third-order valence-electron chi connectivity index (χ3n) is 13.9. The monoisotopic (exact) mass is 753 g/mol. The quantitative estimate of drug-likeness (QED) is 0.149. The van der Waals surface area contributed by atoms with Gasteiger partial charge in [-0.15, -0.1) is 0 Å². The van der Waals surface area contributed by atoms with Gasteiger partial charge < -0.3 is 4.90 Å². The molecule has 0 amide bonds. The van der Waals surface area contributed by atoms with Crippen molar-refractivity contribution in [1.82, 2.24) is 0 Å². The van der Waals surface area contributed by atoms with Crippen LogP contribution in [-0.2, 0) is 5.41 Å². The highest BCUT2D eigenvalue weighted by Crippen LogP contribution is 2.51. The molecule has 0 radical (unpaired) electrons. The molecule has 0 aliphatic heterocycles. The third kappa shape index (κ3) is 6.89. The van der Waals surface area contributed by atoms with Gasteiger partial charge in [-0.3, -0.25) is 0 Å². The minimum absolute atomic E-state index is 0.0799. The van der Waals surface area contributed by atoms with Gasteiger partial charge in [0.15, 0.2) is 0 Å². The van der Waals surface area contributed by atoms with E-state index in [-0.39, 0.29) is 5.41 Å².